The average Bonchev–Trinajstić information content (AvgIpc) is 3.03. The number of hydrogen-bond acceptors (Lipinski definition) is 3. The van der Waals surface area contributed by atoms with Crippen LogP contribution >= 0.6 is 0 Å². The van der Waals surface area contributed by atoms with Crippen molar-refractivity contribution < 1.29 is 9.15 Å². The van der Waals surface area contributed by atoms with Gasteiger partial charge in [0.05, 0.1) is 18.9 Å². The fourth-order valence-corrected chi connectivity index (χ4v) is 3.81. The molecular formula is C15H23NO2. The maximum atomic E-state index is 5.92. The molecule has 3 rings (SSSR count). The van der Waals surface area contributed by atoms with E-state index in [0.29, 0.717) is 17.6 Å². The first kappa shape index (κ1) is 12.2. The molecule has 1 aromatic heterocycles. The molecule has 3 nitrogen and oxygen atoms in total. The minimum Gasteiger partial charge on any atom is -0.468 e. The molecule has 2 fully saturated rings. The Kier molecular flexibility index (Phi) is 3.44. The van der Waals surface area contributed by atoms with Crippen LogP contribution in [-0.2, 0) is 11.3 Å². The van der Waals surface area contributed by atoms with E-state index in [2.05, 4.69) is 12.2 Å². The van der Waals surface area contributed by atoms with Crippen LogP contribution in [0.2, 0.25) is 0 Å². The quantitative estimate of drug-likeness (QED) is 0.870. The molecule has 100 valence electrons. The van der Waals surface area contributed by atoms with Crippen molar-refractivity contribution in [2.75, 3.05) is 6.61 Å². The third-order valence-electron chi connectivity index (χ3n) is 4.79. The molecular weight excluding hydrogens is 226 g/mol. The highest BCUT2D eigenvalue weighted by molar-refractivity contribution is 5.10. The lowest BCUT2D eigenvalue weighted by molar-refractivity contribution is -0.131. The normalized spacial score (nSPS) is 29.6. The lowest BCUT2D eigenvalue weighted by atomic mass is 9.60. The minimum atomic E-state index is 0.419. The summed E-state index contributed by atoms with van der Waals surface area (Å²) in [7, 11) is 0. The maximum absolute atomic E-state index is 5.92. The van der Waals surface area contributed by atoms with Gasteiger partial charge in [-0.2, -0.15) is 0 Å². The van der Waals surface area contributed by atoms with Gasteiger partial charge in [0.2, 0.25) is 0 Å². The van der Waals surface area contributed by atoms with Gasteiger partial charge in [0.15, 0.2) is 0 Å². The highest BCUT2D eigenvalue weighted by Gasteiger charge is 2.56. The Balaban J connectivity index is 1.59. The Hall–Kier alpha value is -0.800. The fourth-order valence-electron chi connectivity index (χ4n) is 3.81. The van der Waals surface area contributed by atoms with Gasteiger partial charge in [-0.3, -0.25) is 0 Å². The minimum absolute atomic E-state index is 0.419. The molecule has 2 atom stereocenters. The van der Waals surface area contributed by atoms with E-state index in [1.54, 1.807) is 6.26 Å². The van der Waals surface area contributed by atoms with Crippen molar-refractivity contribution in [3.8, 4) is 0 Å². The van der Waals surface area contributed by atoms with Gasteiger partial charge in [0.25, 0.3) is 0 Å². The average molecular weight is 249 g/mol. The predicted octanol–water partition coefficient (Wildman–Crippen LogP) is 3.11. The summed E-state index contributed by atoms with van der Waals surface area (Å²) in [5, 5.41) is 3.67. The number of ether oxygens (including phenoxy) is 1. The predicted molar refractivity (Wildman–Crippen MR) is 70.3 cm³/mol. The van der Waals surface area contributed by atoms with E-state index in [-0.39, 0.29) is 0 Å². The van der Waals surface area contributed by atoms with E-state index in [4.69, 9.17) is 9.15 Å². The zero-order valence-corrected chi connectivity index (χ0v) is 11.2. The van der Waals surface area contributed by atoms with Gasteiger partial charge >= 0.3 is 0 Å². The van der Waals surface area contributed by atoms with Crippen molar-refractivity contribution in [3.05, 3.63) is 24.2 Å². The van der Waals surface area contributed by atoms with Crippen LogP contribution in [-0.4, -0.2) is 18.8 Å². The summed E-state index contributed by atoms with van der Waals surface area (Å²) < 4.78 is 11.3. The SMILES string of the molecule is CCOC1CC(NCc2ccco2)C12CCCC2. The Morgan fingerprint density at radius 3 is 2.94 bits per heavy atom. The summed E-state index contributed by atoms with van der Waals surface area (Å²) in [5.74, 6) is 1.03. The first-order valence-corrected chi connectivity index (χ1v) is 7.22. The van der Waals surface area contributed by atoms with Gasteiger partial charge in [-0.15, -0.1) is 0 Å². The topological polar surface area (TPSA) is 34.4 Å². The Labute approximate surface area is 109 Å². The van der Waals surface area contributed by atoms with Crippen LogP contribution in [0.1, 0.15) is 44.8 Å². The van der Waals surface area contributed by atoms with Crippen molar-refractivity contribution in [3.63, 3.8) is 0 Å². The van der Waals surface area contributed by atoms with Gasteiger partial charge in [-0.25, -0.2) is 0 Å². The van der Waals surface area contributed by atoms with Crippen LogP contribution in [0.3, 0.4) is 0 Å². The van der Waals surface area contributed by atoms with E-state index in [1.807, 2.05) is 12.1 Å². The van der Waals surface area contributed by atoms with Crippen LogP contribution in [0, 0.1) is 5.41 Å². The first-order chi connectivity index (χ1) is 8.85. The molecule has 3 heteroatoms. The molecule has 1 aromatic rings. The third kappa shape index (κ3) is 1.99. The van der Waals surface area contributed by atoms with E-state index >= 15 is 0 Å². The lowest BCUT2D eigenvalue weighted by Gasteiger charge is -2.54. The van der Waals surface area contributed by atoms with Crippen LogP contribution in [0.5, 0.6) is 0 Å². The number of nitrogens with one attached hydrogen (secondary N) is 1. The summed E-state index contributed by atoms with van der Waals surface area (Å²) in [6, 6.07) is 4.60. The molecule has 0 radical (unpaired) electrons. The zero-order chi connectivity index (χ0) is 12.4. The molecule has 2 aliphatic rings. The van der Waals surface area contributed by atoms with Gasteiger partial charge in [-0.05, 0) is 38.3 Å². The van der Waals surface area contributed by atoms with E-state index < -0.39 is 0 Å². The largest absolute Gasteiger partial charge is 0.468 e. The second-order valence-corrected chi connectivity index (χ2v) is 5.63. The monoisotopic (exact) mass is 249 g/mol. The van der Waals surface area contributed by atoms with Crippen molar-refractivity contribution in [1.82, 2.24) is 5.32 Å². The van der Waals surface area contributed by atoms with Crippen LogP contribution in [0.4, 0.5) is 0 Å². The Morgan fingerprint density at radius 2 is 2.28 bits per heavy atom. The van der Waals surface area contributed by atoms with Crippen molar-refractivity contribution in [1.29, 1.82) is 0 Å². The highest BCUT2D eigenvalue weighted by Crippen LogP contribution is 2.54. The molecule has 0 aromatic carbocycles. The third-order valence-corrected chi connectivity index (χ3v) is 4.79. The summed E-state index contributed by atoms with van der Waals surface area (Å²) >= 11 is 0. The molecule has 0 bridgehead atoms. The smallest absolute Gasteiger partial charge is 0.117 e. The fraction of sp³-hybridized carbons (Fsp3) is 0.733. The van der Waals surface area contributed by atoms with Crippen molar-refractivity contribution in [2.24, 2.45) is 5.41 Å². The van der Waals surface area contributed by atoms with Crippen molar-refractivity contribution in [2.45, 2.75) is 57.7 Å². The molecule has 1 spiro atoms. The van der Waals surface area contributed by atoms with Crippen LogP contribution in [0.25, 0.3) is 0 Å². The van der Waals surface area contributed by atoms with Crippen LogP contribution < -0.4 is 5.32 Å². The van der Waals surface area contributed by atoms with E-state index in [9.17, 15) is 0 Å². The van der Waals surface area contributed by atoms with Crippen LogP contribution in [0.15, 0.2) is 22.8 Å². The molecule has 2 aliphatic carbocycles. The first-order valence-electron chi connectivity index (χ1n) is 7.22. The number of furan rings is 1. The highest BCUT2D eigenvalue weighted by atomic mass is 16.5. The molecule has 0 saturated heterocycles. The van der Waals surface area contributed by atoms with E-state index in [1.165, 1.54) is 25.7 Å². The second-order valence-electron chi connectivity index (χ2n) is 5.63. The lowest BCUT2D eigenvalue weighted by Crippen LogP contribution is -2.62. The van der Waals surface area contributed by atoms with Gasteiger partial charge < -0.3 is 14.5 Å². The number of hydrogen-bond donors (Lipinski definition) is 1. The molecule has 1 heterocycles. The molecule has 0 aliphatic heterocycles. The standard InChI is InChI=1S/C15H23NO2/c1-2-17-14-10-13(15(14)7-3-4-8-15)16-11-12-6-5-9-18-12/h5-6,9,13-14,16H,2-4,7-8,10-11H2,1H3. The number of rotatable bonds is 5. The molecule has 0 amide bonds. The zero-order valence-electron chi connectivity index (χ0n) is 11.2. The Bertz CT molecular complexity index is 368. The maximum Gasteiger partial charge on any atom is 0.117 e. The molecule has 2 unspecified atom stereocenters. The molecule has 2 saturated carbocycles. The van der Waals surface area contributed by atoms with Crippen molar-refractivity contribution >= 4 is 0 Å². The van der Waals surface area contributed by atoms with Gasteiger partial charge in [-0.1, -0.05) is 12.8 Å². The second kappa shape index (κ2) is 5.06. The molecule has 1 N–H and O–H groups in total. The van der Waals surface area contributed by atoms with Gasteiger partial charge in [0, 0.05) is 18.1 Å². The van der Waals surface area contributed by atoms with E-state index in [0.717, 1.165) is 25.3 Å². The molecule has 18 heavy (non-hydrogen) atoms. The summed E-state index contributed by atoms with van der Waals surface area (Å²) in [4.78, 5) is 0. The summed E-state index contributed by atoms with van der Waals surface area (Å²) in [6.45, 7) is 3.79. The van der Waals surface area contributed by atoms with Gasteiger partial charge in [0.1, 0.15) is 5.76 Å². The summed E-state index contributed by atoms with van der Waals surface area (Å²) in [5.41, 5.74) is 0.419. The summed E-state index contributed by atoms with van der Waals surface area (Å²) in [6.07, 6.45) is 8.77. The Morgan fingerprint density at radius 1 is 1.44 bits per heavy atom.